The Bertz CT molecular complexity index is 1000. The summed E-state index contributed by atoms with van der Waals surface area (Å²) in [6.07, 6.45) is 1.21. The Hall–Kier alpha value is -3.15. The number of nitrogens with zero attached hydrogens (tertiary/aromatic N) is 2. The van der Waals surface area contributed by atoms with Gasteiger partial charge in [-0.15, -0.1) is 0 Å². The predicted molar refractivity (Wildman–Crippen MR) is 131 cm³/mol. The molecule has 2 aromatic carbocycles. The lowest BCUT2D eigenvalue weighted by Gasteiger charge is -2.23. The number of carbonyl (C=O) groups excluding carboxylic acids is 3. The second-order valence-corrected chi connectivity index (χ2v) is 9.20. The third kappa shape index (κ3) is 5.62. The minimum atomic E-state index is -0.372. The fraction of sp³-hybridized carbons (Fsp3) is 0.444. The van der Waals surface area contributed by atoms with Crippen molar-refractivity contribution >= 4 is 23.4 Å². The normalized spacial score (nSPS) is 16.7. The van der Waals surface area contributed by atoms with Crippen LogP contribution in [0.5, 0.6) is 0 Å². The Kier molecular flexibility index (Phi) is 7.90. The van der Waals surface area contributed by atoms with Crippen LogP contribution in [0.15, 0.2) is 48.5 Å². The van der Waals surface area contributed by atoms with Crippen molar-refractivity contribution < 1.29 is 14.4 Å². The van der Waals surface area contributed by atoms with Crippen LogP contribution in [0.25, 0.3) is 0 Å². The topological polar surface area (TPSA) is 69.7 Å². The number of amides is 3. The maximum Gasteiger partial charge on any atom is 0.253 e. The molecule has 3 rings (SSSR count). The van der Waals surface area contributed by atoms with Crippen LogP contribution in [-0.4, -0.2) is 42.3 Å². The Morgan fingerprint density at radius 2 is 1.76 bits per heavy atom. The molecule has 0 bridgehead atoms. The van der Waals surface area contributed by atoms with E-state index in [1.54, 1.807) is 29.0 Å². The van der Waals surface area contributed by atoms with E-state index in [0.29, 0.717) is 24.6 Å². The van der Waals surface area contributed by atoms with Crippen molar-refractivity contribution in [3.63, 3.8) is 0 Å². The molecule has 1 aliphatic heterocycles. The lowest BCUT2D eigenvalue weighted by Crippen LogP contribution is -2.33. The molecule has 1 heterocycles. The van der Waals surface area contributed by atoms with E-state index >= 15 is 0 Å². The number of rotatable bonds is 8. The van der Waals surface area contributed by atoms with Crippen molar-refractivity contribution in [3.8, 4) is 0 Å². The van der Waals surface area contributed by atoms with Gasteiger partial charge in [0.1, 0.15) is 0 Å². The van der Waals surface area contributed by atoms with E-state index < -0.39 is 0 Å². The zero-order chi connectivity index (χ0) is 24.1. The van der Waals surface area contributed by atoms with Crippen LogP contribution >= 0.6 is 0 Å². The van der Waals surface area contributed by atoms with Gasteiger partial charge >= 0.3 is 0 Å². The molecule has 1 N–H and O–H groups in total. The molecule has 3 amide bonds. The quantitative estimate of drug-likeness (QED) is 0.651. The highest BCUT2D eigenvalue weighted by atomic mass is 16.2. The summed E-state index contributed by atoms with van der Waals surface area (Å²) in [5, 5.41) is 2.96. The van der Waals surface area contributed by atoms with Gasteiger partial charge in [-0.2, -0.15) is 0 Å². The second-order valence-electron chi connectivity index (χ2n) is 9.20. The first kappa shape index (κ1) is 24.5. The molecule has 6 heteroatoms. The predicted octanol–water partition coefficient (Wildman–Crippen LogP) is 4.35. The number of hydrogen-bond donors (Lipinski definition) is 1. The molecule has 6 nitrogen and oxygen atoms in total. The summed E-state index contributed by atoms with van der Waals surface area (Å²) in [5.74, 6) is -0.183. The van der Waals surface area contributed by atoms with Crippen molar-refractivity contribution in [2.24, 2.45) is 5.92 Å². The average molecular weight is 450 g/mol. The van der Waals surface area contributed by atoms with Gasteiger partial charge in [0.2, 0.25) is 11.8 Å². The smallest absolute Gasteiger partial charge is 0.253 e. The number of anilines is 1. The van der Waals surface area contributed by atoms with E-state index in [1.165, 1.54) is 0 Å². The summed E-state index contributed by atoms with van der Waals surface area (Å²) < 4.78 is 0. The molecular formula is C27H35N3O3. The molecular weight excluding hydrogens is 414 g/mol. The van der Waals surface area contributed by atoms with Crippen molar-refractivity contribution in [2.45, 2.75) is 59.0 Å². The van der Waals surface area contributed by atoms with Crippen molar-refractivity contribution in [3.05, 3.63) is 65.2 Å². The zero-order valence-corrected chi connectivity index (χ0v) is 20.3. The van der Waals surface area contributed by atoms with Gasteiger partial charge in [-0.25, -0.2) is 0 Å². The van der Waals surface area contributed by atoms with Crippen LogP contribution < -0.4 is 10.2 Å². The van der Waals surface area contributed by atoms with Crippen LogP contribution in [0.2, 0.25) is 0 Å². The molecule has 0 radical (unpaired) electrons. The molecule has 176 valence electrons. The van der Waals surface area contributed by atoms with Crippen molar-refractivity contribution in [2.75, 3.05) is 18.5 Å². The zero-order valence-electron chi connectivity index (χ0n) is 20.3. The Balaban J connectivity index is 1.60. The number of benzene rings is 2. The first-order valence-electron chi connectivity index (χ1n) is 11.8. The highest BCUT2D eigenvalue weighted by Crippen LogP contribution is 2.33. The van der Waals surface area contributed by atoms with Crippen LogP contribution in [0.1, 0.15) is 67.9 Å². The molecule has 0 saturated carbocycles. The van der Waals surface area contributed by atoms with E-state index in [1.807, 2.05) is 44.2 Å². The standard InChI is InChI=1S/C27H35N3O3/c1-6-19(4)23-9-7-8-10-24(23)30-17-22(15-25(30)31)26(32)28-16-20-11-13-21(14-12-20)27(33)29(5)18(2)3/h7-14,18-19,22H,6,15-17H2,1-5H3,(H,28,32). The Morgan fingerprint density at radius 1 is 1.09 bits per heavy atom. The summed E-state index contributed by atoms with van der Waals surface area (Å²) in [6.45, 7) is 8.99. The molecule has 2 atom stereocenters. The lowest BCUT2D eigenvalue weighted by atomic mass is 9.96. The first-order valence-corrected chi connectivity index (χ1v) is 11.8. The maximum atomic E-state index is 12.8. The molecule has 1 aliphatic rings. The second kappa shape index (κ2) is 10.6. The SMILES string of the molecule is CCC(C)c1ccccc1N1CC(C(=O)NCc2ccc(C(=O)N(C)C(C)C)cc2)CC1=O. The van der Waals surface area contributed by atoms with E-state index in [0.717, 1.165) is 23.2 Å². The fourth-order valence-electron chi connectivity index (χ4n) is 4.02. The summed E-state index contributed by atoms with van der Waals surface area (Å²) in [5.41, 5.74) is 3.60. The fourth-order valence-corrected chi connectivity index (χ4v) is 4.02. The lowest BCUT2D eigenvalue weighted by molar-refractivity contribution is -0.126. The highest BCUT2D eigenvalue weighted by molar-refractivity contribution is 6.01. The molecule has 0 aliphatic carbocycles. The van der Waals surface area contributed by atoms with Gasteiger partial charge in [0.25, 0.3) is 5.91 Å². The van der Waals surface area contributed by atoms with Crippen LogP contribution in [0.4, 0.5) is 5.69 Å². The largest absolute Gasteiger partial charge is 0.352 e. The summed E-state index contributed by atoms with van der Waals surface area (Å²) >= 11 is 0. The van der Waals surface area contributed by atoms with E-state index in [-0.39, 0.29) is 36.1 Å². The molecule has 0 aromatic heterocycles. The number of hydrogen-bond acceptors (Lipinski definition) is 3. The van der Waals surface area contributed by atoms with E-state index in [2.05, 4.69) is 25.2 Å². The van der Waals surface area contributed by atoms with E-state index in [4.69, 9.17) is 0 Å². The molecule has 2 unspecified atom stereocenters. The first-order chi connectivity index (χ1) is 15.7. The minimum Gasteiger partial charge on any atom is -0.352 e. The number of carbonyl (C=O) groups is 3. The third-order valence-electron chi connectivity index (χ3n) is 6.63. The highest BCUT2D eigenvalue weighted by Gasteiger charge is 2.36. The Labute approximate surface area is 197 Å². The average Bonchev–Trinajstić information content (AvgIpc) is 3.22. The third-order valence-corrected chi connectivity index (χ3v) is 6.63. The van der Waals surface area contributed by atoms with Gasteiger partial charge in [0.05, 0.1) is 5.92 Å². The molecule has 33 heavy (non-hydrogen) atoms. The molecule has 2 aromatic rings. The monoisotopic (exact) mass is 449 g/mol. The van der Waals surface area contributed by atoms with Gasteiger partial charge in [-0.3, -0.25) is 14.4 Å². The van der Waals surface area contributed by atoms with Crippen molar-refractivity contribution in [1.82, 2.24) is 10.2 Å². The van der Waals surface area contributed by atoms with Gasteiger partial charge in [0.15, 0.2) is 0 Å². The van der Waals surface area contributed by atoms with Gasteiger partial charge in [-0.1, -0.05) is 44.2 Å². The molecule has 0 spiro atoms. The summed E-state index contributed by atoms with van der Waals surface area (Å²) in [7, 11) is 1.79. The molecule has 1 saturated heterocycles. The van der Waals surface area contributed by atoms with E-state index in [9.17, 15) is 14.4 Å². The maximum absolute atomic E-state index is 12.8. The van der Waals surface area contributed by atoms with Gasteiger partial charge < -0.3 is 15.1 Å². The summed E-state index contributed by atoms with van der Waals surface area (Å²) in [6, 6.07) is 15.4. The summed E-state index contributed by atoms with van der Waals surface area (Å²) in [4.78, 5) is 41.4. The van der Waals surface area contributed by atoms with Crippen LogP contribution in [-0.2, 0) is 16.1 Å². The van der Waals surface area contributed by atoms with Crippen LogP contribution in [0, 0.1) is 5.92 Å². The van der Waals surface area contributed by atoms with Gasteiger partial charge in [0, 0.05) is 43.9 Å². The van der Waals surface area contributed by atoms with Crippen LogP contribution in [0.3, 0.4) is 0 Å². The van der Waals surface area contributed by atoms with Crippen molar-refractivity contribution in [1.29, 1.82) is 0 Å². The number of nitrogens with one attached hydrogen (secondary N) is 1. The van der Waals surface area contributed by atoms with Gasteiger partial charge in [-0.05, 0) is 55.5 Å². The Morgan fingerprint density at radius 3 is 2.39 bits per heavy atom. The number of para-hydroxylation sites is 1. The minimum absolute atomic E-state index is 0.0111. The molecule has 1 fully saturated rings.